The summed E-state index contributed by atoms with van der Waals surface area (Å²) in [7, 11) is 1.68. The number of ether oxygens (including phenoxy) is 1. The van der Waals surface area contributed by atoms with E-state index in [1.807, 2.05) is 18.2 Å². The molecule has 2 rings (SSSR count). The van der Waals surface area contributed by atoms with Gasteiger partial charge in [0.2, 0.25) is 0 Å². The van der Waals surface area contributed by atoms with Gasteiger partial charge in [-0.05, 0) is 18.1 Å². The summed E-state index contributed by atoms with van der Waals surface area (Å²) < 4.78 is 5.38. The van der Waals surface area contributed by atoms with Gasteiger partial charge in [0.1, 0.15) is 5.75 Å². The molecule has 0 aliphatic carbocycles. The maximum atomic E-state index is 9.58. The Kier molecular flexibility index (Phi) is 4.22. The third-order valence-electron chi connectivity index (χ3n) is 3.76. The Balaban J connectivity index is 2.12. The van der Waals surface area contributed by atoms with E-state index in [4.69, 9.17) is 10.5 Å². The summed E-state index contributed by atoms with van der Waals surface area (Å²) in [5.41, 5.74) is 7.42. The summed E-state index contributed by atoms with van der Waals surface area (Å²) in [4.78, 5) is 2.14. The van der Waals surface area contributed by atoms with Crippen molar-refractivity contribution in [1.29, 1.82) is 0 Å². The van der Waals surface area contributed by atoms with E-state index in [9.17, 15) is 5.11 Å². The fourth-order valence-corrected chi connectivity index (χ4v) is 2.58. The van der Waals surface area contributed by atoms with Crippen LogP contribution in [-0.2, 0) is 0 Å². The van der Waals surface area contributed by atoms with Gasteiger partial charge in [0.15, 0.2) is 0 Å². The molecule has 1 unspecified atom stereocenters. The van der Waals surface area contributed by atoms with Crippen LogP contribution in [0.4, 0.5) is 0 Å². The molecule has 100 valence electrons. The molecule has 1 saturated heterocycles. The normalized spacial score (nSPS) is 23.9. The van der Waals surface area contributed by atoms with E-state index in [2.05, 4.69) is 17.9 Å². The predicted molar refractivity (Wildman–Crippen MR) is 71.6 cm³/mol. The third kappa shape index (κ3) is 2.66. The van der Waals surface area contributed by atoms with Crippen molar-refractivity contribution in [2.75, 3.05) is 20.2 Å². The molecular formula is C14H22N2O2. The van der Waals surface area contributed by atoms with Gasteiger partial charge in [-0.15, -0.1) is 0 Å². The summed E-state index contributed by atoms with van der Waals surface area (Å²) in [5, 5.41) is 9.58. The summed E-state index contributed by atoms with van der Waals surface area (Å²) in [5.74, 6) is 1.05. The lowest BCUT2D eigenvalue weighted by atomic mass is 9.96. The van der Waals surface area contributed by atoms with E-state index in [0.717, 1.165) is 24.3 Å². The van der Waals surface area contributed by atoms with Crippen LogP contribution in [0.5, 0.6) is 5.75 Å². The first-order valence-corrected chi connectivity index (χ1v) is 6.44. The Morgan fingerprint density at radius 2 is 2.17 bits per heavy atom. The third-order valence-corrected chi connectivity index (χ3v) is 3.76. The van der Waals surface area contributed by atoms with Crippen LogP contribution in [0, 0.1) is 0 Å². The van der Waals surface area contributed by atoms with Gasteiger partial charge in [0, 0.05) is 19.0 Å². The standard InChI is InChI=1S/C14H22N2O2/c1-10(12-5-3-4-6-13(12)18-2)14(15)16-8-7-11(17)9-16/h3-6,10-11,14,17H,7-9,15H2,1-2H3/t10-,11-,14?/m0/s1. The van der Waals surface area contributed by atoms with E-state index in [1.54, 1.807) is 7.11 Å². The lowest BCUT2D eigenvalue weighted by Gasteiger charge is -2.30. The van der Waals surface area contributed by atoms with Crippen molar-refractivity contribution in [1.82, 2.24) is 4.90 Å². The molecule has 3 N–H and O–H groups in total. The number of para-hydroxylation sites is 1. The first-order valence-electron chi connectivity index (χ1n) is 6.44. The van der Waals surface area contributed by atoms with Crippen molar-refractivity contribution in [3.8, 4) is 5.75 Å². The minimum Gasteiger partial charge on any atom is -0.496 e. The van der Waals surface area contributed by atoms with Gasteiger partial charge >= 0.3 is 0 Å². The van der Waals surface area contributed by atoms with Crippen molar-refractivity contribution in [3.63, 3.8) is 0 Å². The molecule has 1 aromatic carbocycles. The van der Waals surface area contributed by atoms with E-state index >= 15 is 0 Å². The number of β-amino-alcohol motifs (C(OH)–C–C–N with tert-alkyl or cyclic N) is 1. The van der Waals surface area contributed by atoms with Crippen LogP contribution in [0.25, 0.3) is 0 Å². The maximum Gasteiger partial charge on any atom is 0.122 e. The average Bonchev–Trinajstić information content (AvgIpc) is 2.83. The summed E-state index contributed by atoms with van der Waals surface area (Å²) in [6.07, 6.45) is 0.492. The van der Waals surface area contributed by atoms with E-state index in [1.165, 1.54) is 0 Å². The van der Waals surface area contributed by atoms with Crippen molar-refractivity contribution in [2.45, 2.75) is 31.5 Å². The Hall–Kier alpha value is -1.10. The molecule has 0 saturated carbocycles. The monoisotopic (exact) mass is 250 g/mol. The van der Waals surface area contributed by atoms with Gasteiger partial charge in [0.05, 0.1) is 19.4 Å². The van der Waals surface area contributed by atoms with Gasteiger partial charge in [-0.3, -0.25) is 4.90 Å². The topological polar surface area (TPSA) is 58.7 Å². The first kappa shape index (κ1) is 13.3. The number of likely N-dealkylation sites (tertiary alicyclic amines) is 1. The number of aliphatic hydroxyl groups excluding tert-OH is 1. The van der Waals surface area contributed by atoms with Crippen molar-refractivity contribution < 1.29 is 9.84 Å². The Labute approximate surface area is 108 Å². The number of nitrogens with two attached hydrogens (primary N) is 1. The van der Waals surface area contributed by atoms with Gasteiger partial charge in [0.25, 0.3) is 0 Å². The van der Waals surface area contributed by atoms with Gasteiger partial charge in [-0.2, -0.15) is 0 Å². The van der Waals surface area contributed by atoms with E-state index in [-0.39, 0.29) is 18.2 Å². The lowest BCUT2D eigenvalue weighted by Crippen LogP contribution is -2.44. The fraction of sp³-hybridized carbons (Fsp3) is 0.571. The number of methoxy groups -OCH3 is 1. The molecule has 0 spiro atoms. The molecule has 0 bridgehead atoms. The molecule has 3 atom stereocenters. The molecule has 1 aliphatic heterocycles. The smallest absolute Gasteiger partial charge is 0.122 e. The van der Waals surface area contributed by atoms with Crippen LogP contribution in [0.15, 0.2) is 24.3 Å². The molecule has 0 radical (unpaired) electrons. The van der Waals surface area contributed by atoms with Crippen LogP contribution in [-0.4, -0.2) is 42.5 Å². The number of hydrogen-bond acceptors (Lipinski definition) is 4. The van der Waals surface area contributed by atoms with E-state index < -0.39 is 0 Å². The highest BCUT2D eigenvalue weighted by molar-refractivity contribution is 5.36. The average molecular weight is 250 g/mol. The SMILES string of the molecule is COc1ccccc1[C@H](C)C(N)N1CC[C@H](O)C1. The molecule has 1 heterocycles. The second kappa shape index (κ2) is 5.69. The molecule has 4 nitrogen and oxygen atoms in total. The Morgan fingerprint density at radius 1 is 1.44 bits per heavy atom. The highest BCUT2D eigenvalue weighted by Gasteiger charge is 2.29. The molecule has 18 heavy (non-hydrogen) atoms. The molecular weight excluding hydrogens is 228 g/mol. The number of rotatable bonds is 4. The summed E-state index contributed by atoms with van der Waals surface area (Å²) >= 11 is 0. The van der Waals surface area contributed by atoms with Crippen LogP contribution < -0.4 is 10.5 Å². The number of hydrogen-bond donors (Lipinski definition) is 2. The molecule has 0 amide bonds. The van der Waals surface area contributed by atoms with Crippen molar-refractivity contribution >= 4 is 0 Å². The zero-order chi connectivity index (χ0) is 13.1. The predicted octanol–water partition coefficient (Wildman–Crippen LogP) is 1.15. The summed E-state index contributed by atoms with van der Waals surface area (Å²) in [6.45, 7) is 3.63. The molecule has 0 aromatic heterocycles. The molecule has 1 aliphatic rings. The number of nitrogens with zero attached hydrogens (tertiary/aromatic N) is 1. The van der Waals surface area contributed by atoms with Crippen LogP contribution >= 0.6 is 0 Å². The Bertz CT molecular complexity index is 397. The molecule has 1 fully saturated rings. The number of aliphatic hydroxyl groups is 1. The molecule has 4 heteroatoms. The van der Waals surface area contributed by atoms with Gasteiger partial charge in [-0.1, -0.05) is 25.1 Å². The molecule has 1 aromatic rings. The highest BCUT2D eigenvalue weighted by Crippen LogP contribution is 2.30. The van der Waals surface area contributed by atoms with Crippen LogP contribution in [0.3, 0.4) is 0 Å². The Morgan fingerprint density at radius 3 is 2.78 bits per heavy atom. The quantitative estimate of drug-likeness (QED) is 0.841. The van der Waals surface area contributed by atoms with Crippen molar-refractivity contribution in [3.05, 3.63) is 29.8 Å². The van der Waals surface area contributed by atoms with Crippen LogP contribution in [0.2, 0.25) is 0 Å². The number of benzene rings is 1. The van der Waals surface area contributed by atoms with Gasteiger partial charge < -0.3 is 15.6 Å². The largest absolute Gasteiger partial charge is 0.496 e. The van der Waals surface area contributed by atoms with Gasteiger partial charge in [-0.25, -0.2) is 0 Å². The fourth-order valence-electron chi connectivity index (χ4n) is 2.58. The summed E-state index contributed by atoms with van der Waals surface area (Å²) in [6, 6.07) is 7.97. The minimum absolute atomic E-state index is 0.0848. The van der Waals surface area contributed by atoms with Crippen LogP contribution in [0.1, 0.15) is 24.8 Å². The maximum absolute atomic E-state index is 9.58. The second-order valence-electron chi connectivity index (χ2n) is 4.96. The van der Waals surface area contributed by atoms with E-state index in [0.29, 0.717) is 6.54 Å². The lowest BCUT2D eigenvalue weighted by molar-refractivity contribution is 0.152. The minimum atomic E-state index is -0.235. The highest BCUT2D eigenvalue weighted by atomic mass is 16.5. The first-order chi connectivity index (χ1) is 8.63. The van der Waals surface area contributed by atoms with Crippen molar-refractivity contribution in [2.24, 2.45) is 5.73 Å². The second-order valence-corrected chi connectivity index (χ2v) is 4.96. The zero-order valence-electron chi connectivity index (χ0n) is 11.0. The zero-order valence-corrected chi connectivity index (χ0v) is 11.0.